The van der Waals surface area contributed by atoms with Crippen LogP contribution in [-0.2, 0) is 4.79 Å². The van der Waals surface area contributed by atoms with Crippen LogP contribution >= 0.6 is 0 Å². The van der Waals surface area contributed by atoms with Gasteiger partial charge in [0.15, 0.2) is 0 Å². The molecule has 0 aliphatic carbocycles. The molecule has 0 saturated heterocycles. The zero-order chi connectivity index (χ0) is 16.9. The first kappa shape index (κ1) is 15.2. The van der Waals surface area contributed by atoms with Gasteiger partial charge in [0.2, 0.25) is 11.9 Å². The smallest absolute Gasteiger partial charge is 0.258 e. The van der Waals surface area contributed by atoms with E-state index in [4.69, 9.17) is 10.00 Å². The highest BCUT2D eigenvalue weighted by molar-refractivity contribution is 6.12. The predicted molar refractivity (Wildman–Crippen MR) is 85.6 cm³/mol. The summed E-state index contributed by atoms with van der Waals surface area (Å²) >= 11 is 0. The first-order valence-corrected chi connectivity index (χ1v) is 7.08. The summed E-state index contributed by atoms with van der Waals surface area (Å²) in [6.07, 6.45) is 0. The molecule has 1 aliphatic heterocycles. The molecule has 2 amide bonds. The minimum absolute atomic E-state index is 0.0114. The molecule has 1 aliphatic rings. The van der Waals surface area contributed by atoms with Crippen molar-refractivity contribution >= 4 is 17.8 Å². The molecule has 118 valence electrons. The molecule has 2 N–H and O–H groups in total. The van der Waals surface area contributed by atoms with Crippen LogP contribution in [0.25, 0.3) is 0 Å². The maximum absolute atomic E-state index is 12.2. The summed E-state index contributed by atoms with van der Waals surface area (Å²) < 4.78 is 5.67. The van der Waals surface area contributed by atoms with Crippen molar-refractivity contribution in [3.63, 3.8) is 0 Å². The van der Waals surface area contributed by atoms with Gasteiger partial charge in [0.25, 0.3) is 5.91 Å². The quantitative estimate of drug-likeness (QED) is 0.895. The van der Waals surface area contributed by atoms with Crippen LogP contribution in [0.3, 0.4) is 0 Å². The highest BCUT2D eigenvalue weighted by Gasteiger charge is 2.16. The van der Waals surface area contributed by atoms with Gasteiger partial charge in [-0.25, -0.2) is 4.99 Å². The normalized spacial score (nSPS) is 12.8. The van der Waals surface area contributed by atoms with Gasteiger partial charge in [0.1, 0.15) is 18.0 Å². The second-order valence-corrected chi connectivity index (χ2v) is 4.93. The third-order valence-electron chi connectivity index (χ3n) is 3.19. The fourth-order valence-corrected chi connectivity index (χ4v) is 2.05. The number of aliphatic imine (C=N–C) groups is 1. The van der Waals surface area contributed by atoms with Crippen molar-refractivity contribution in [2.75, 3.05) is 6.54 Å². The molecule has 0 fully saturated rings. The topological polar surface area (TPSA) is 104 Å². The Hall–Kier alpha value is -3.66. The molecule has 2 aromatic carbocycles. The van der Waals surface area contributed by atoms with E-state index < -0.39 is 5.91 Å². The molecule has 24 heavy (non-hydrogen) atoms. The van der Waals surface area contributed by atoms with E-state index in [0.29, 0.717) is 22.6 Å². The lowest BCUT2D eigenvalue weighted by Gasteiger charge is -2.08. The van der Waals surface area contributed by atoms with Gasteiger partial charge in [0, 0.05) is 5.56 Å². The summed E-state index contributed by atoms with van der Waals surface area (Å²) in [5, 5.41) is 13.7. The Morgan fingerprint density at radius 1 is 1.21 bits per heavy atom. The third kappa shape index (κ3) is 3.56. The molecule has 1 heterocycles. The molecule has 0 aromatic heterocycles. The summed E-state index contributed by atoms with van der Waals surface area (Å²) in [7, 11) is 0. The average molecular weight is 320 g/mol. The van der Waals surface area contributed by atoms with Gasteiger partial charge in [-0.05, 0) is 42.5 Å². The number of carbonyl (C=O) groups excluding carboxylic acids is 2. The van der Waals surface area contributed by atoms with Crippen molar-refractivity contribution in [2.45, 2.75) is 0 Å². The molecule has 7 heteroatoms. The Kier molecular flexibility index (Phi) is 4.21. The van der Waals surface area contributed by atoms with Gasteiger partial charge in [-0.1, -0.05) is 6.07 Å². The molecular weight excluding hydrogens is 308 g/mol. The Morgan fingerprint density at radius 2 is 2.00 bits per heavy atom. The zero-order valence-corrected chi connectivity index (χ0v) is 12.4. The van der Waals surface area contributed by atoms with Crippen molar-refractivity contribution in [3.8, 4) is 17.6 Å². The van der Waals surface area contributed by atoms with E-state index in [0.717, 1.165) is 0 Å². The molecule has 0 atom stereocenters. The van der Waals surface area contributed by atoms with Crippen LogP contribution in [-0.4, -0.2) is 24.3 Å². The maximum atomic E-state index is 12.2. The summed E-state index contributed by atoms with van der Waals surface area (Å²) in [5.41, 5.74) is 0.903. The van der Waals surface area contributed by atoms with Crippen molar-refractivity contribution in [3.05, 3.63) is 59.7 Å². The van der Waals surface area contributed by atoms with Crippen LogP contribution in [0.4, 0.5) is 0 Å². The SMILES string of the molecule is N#Cc1ccc(Oc2cccc(C(=O)NC3=NCC(=O)N3)c2)cc1. The molecule has 0 radical (unpaired) electrons. The van der Waals surface area contributed by atoms with Crippen LogP contribution in [0.5, 0.6) is 11.5 Å². The molecular formula is C17H12N4O3. The molecule has 2 aromatic rings. The van der Waals surface area contributed by atoms with Crippen LogP contribution in [0.15, 0.2) is 53.5 Å². The summed E-state index contributed by atoms with van der Waals surface area (Å²) in [6, 6.07) is 15.3. The maximum Gasteiger partial charge on any atom is 0.258 e. The van der Waals surface area contributed by atoms with Gasteiger partial charge >= 0.3 is 0 Å². The second-order valence-electron chi connectivity index (χ2n) is 4.93. The number of benzene rings is 2. The van der Waals surface area contributed by atoms with E-state index in [1.165, 1.54) is 0 Å². The fourth-order valence-electron chi connectivity index (χ4n) is 2.05. The Labute approximate surface area is 137 Å². The highest BCUT2D eigenvalue weighted by Crippen LogP contribution is 2.22. The van der Waals surface area contributed by atoms with E-state index >= 15 is 0 Å². The van der Waals surface area contributed by atoms with Crippen LogP contribution in [0, 0.1) is 11.3 Å². The number of rotatable bonds is 3. The zero-order valence-electron chi connectivity index (χ0n) is 12.4. The van der Waals surface area contributed by atoms with Crippen molar-refractivity contribution in [1.82, 2.24) is 10.6 Å². The molecule has 0 unspecified atom stereocenters. The molecule has 3 rings (SSSR count). The van der Waals surface area contributed by atoms with E-state index in [-0.39, 0.29) is 18.4 Å². The average Bonchev–Trinajstić information content (AvgIpc) is 3.00. The number of amides is 2. The standard InChI is InChI=1S/C17H12N4O3/c18-9-11-4-6-13(7-5-11)24-14-3-1-2-12(8-14)16(23)21-17-19-10-15(22)20-17/h1-8H,10H2,(H2,19,20,21,22,23). The number of guanidine groups is 1. The van der Waals surface area contributed by atoms with Gasteiger partial charge < -0.3 is 4.74 Å². The van der Waals surface area contributed by atoms with E-state index in [2.05, 4.69) is 15.6 Å². The molecule has 7 nitrogen and oxygen atoms in total. The van der Waals surface area contributed by atoms with Crippen molar-refractivity contribution in [2.24, 2.45) is 4.99 Å². The number of ether oxygens (including phenoxy) is 1. The number of hydrogen-bond acceptors (Lipinski definition) is 5. The van der Waals surface area contributed by atoms with E-state index in [1.807, 2.05) is 6.07 Å². The largest absolute Gasteiger partial charge is 0.457 e. The Balaban J connectivity index is 1.70. The lowest BCUT2D eigenvalue weighted by molar-refractivity contribution is -0.117. The van der Waals surface area contributed by atoms with Crippen LogP contribution in [0.1, 0.15) is 15.9 Å². The lowest BCUT2D eigenvalue weighted by atomic mass is 10.2. The molecule has 0 saturated carbocycles. The number of hydrogen-bond donors (Lipinski definition) is 2. The Morgan fingerprint density at radius 3 is 2.67 bits per heavy atom. The number of nitrogens with zero attached hydrogens (tertiary/aromatic N) is 2. The molecule has 0 bridgehead atoms. The Bertz CT molecular complexity index is 866. The monoisotopic (exact) mass is 320 g/mol. The van der Waals surface area contributed by atoms with Crippen LogP contribution < -0.4 is 15.4 Å². The lowest BCUT2D eigenvalue weighted by Crippen LogP contribution is -2.39. The van der Waals surface area contributed by atoms with Crippen LogP contribution in [0.2, 0.25) is 0 Å². The van der Waals surface area contributed by atoms with Gasteiger partial charge in [0.05, 0.1) is 11.6 Å². The van der Waals surface area contributed by atoms with E-state index in [9.17, 15) is 9.59 Å². The van der Waals surface area contributed by atoms with Gasteiger partial charge in [-0.2, -0.15) is 5.26 Å². The van der Waals surface area contributed by atoms with E-state index in [1.54, 1.807) is 48.5 Å². The van der Waals surface area contributed by atoms with Crippen molar-refractivity contribution in [1.29, 1.82) is 5.26 Å². The fraction of sp³-hybridized carbons (Fsp3) is 0.0588. The first-order valence-electron chi connectivity index (χ1n) is 7.08. The number of nitrogens with one attached hydrogen (secondary N) is 2. The minimum atomic E-state index is -0.402. The number of carbonyl (C=O) groups is 2. The van der Waals surface area contributed by atoms with Crippen molar-refractivity contribution < 1.29 is 14.3 Å². The van der Waals surface area contributed by atoms with Gasteiger partial charge in [-0.3, -0.25) is 20.2 Å². The van der Waals surface area contributed by atoms with Gasteiger partial charge in [-0.15, -0.1) is 0 Å². The third-order valence-corrected chi connectivity index (χ3v) is 3.19. The molecule has 0 spiro atoms. The summed E-state index contributed by atoms with van der Waals surface area (Å²) in [4.78, 5) is 27.1. The summed E-state index contributed by atoms with van der Waals surface area (Å²) in [6.45, 7) is 0.0114. The number of nitriles is 1. The first-order chi connectivity index (χ1) is 11.6. The highest BCUT2D eigenvalue weighted by atomic mass is 16.5. The minimum Gasteiger partial charge on any atom is -0.457 e. The predicted octanol–water partition coefficient (Wildman–Crippen LogP) is 1.57. The second kappa shape index (κ2) is 6.62. The summed E-state index contributed by atoms with van der Waals surface area (Å²) in [5.74, 6) is 0.511.